The van der Waals surface area contributed by atoms with Gasteiger partial charge in [-0.05, 0) is 12.8 Å². The molecular formula is C9H10ClN5. The average Bonchev–Trinajstić information content (AvgIpc) is 2.64. The molecule has 5 nitrogen and oxygen atoms in total. The zero-order valence-corrected chi connectivity index (χ0v) is 8.70. The predicted octanol–water partition coefficient (Wildman–Crippen LogP) is 1.53. The van der Waals surface area contributed by atoms with E-state index in [0.29, 0.717) is 17.1 Å². The number of hydrogen-bond donors (Lipinski definition) is 2. The van der Waals surface area contributed by atoms with Crippen LogP contribution >= 0.6 is 11.6 Å². The number of fused-ring (bicyclic) bond motifs is 1. The molecule has 0 amide bonds. The lowest BCUT2D eigenvalue weighted by Gasteiger charge is -2.31. The molecule has 1 saturated carbocycles. The molecule has 15 heavy (non-hydrogen) atoms. The summed E-state index contributed by atoms with van der Waals surface area (Å²) in [6.45, 7) is 0. The second kappa shape index (κ2) is 3.34. The number of halogens is 1. The van der Waals surface area contributed by atoms with E-state index in [1.54, 1.807) is 6.33 Å². The Morgan fingerprint density at radius 2 is 2.20 bits per heavy atom. The number of aromatic amines is 1. The van der Waals surface area contributed by atoms with Crippen molar-refractivity contribution in [2.45, 2.75) is 24.3 Å². The highest BCUT2D eigenvalue weighted by atomic mass is 35.5. The van der Waals surface area contributed by atoms with Gasteiger partial charge in [0.25, 0.3) is 0 Å². The first-order valence-electron chi connectivity index (χ1n) is 4.87. The number of H-pyrrole nitrogens is 1. The fourth-order valence-electron chi connectivity index (χ4n) is 1.73. The Morgan fingerprint density at radius 3 is 3.00 bits per heavy atom. The topological polar surface area (TPSA) is 66.5 Å². The van der Waals surface area contributed by atoms with Gasteiger partial charge in [0.2, 0.25) is 0 Å². The monoisotopic (exact) mass is 223 g/mol. The summed E-state index contributed by atoms with van der Waals surface area (Å²) in [5, 5.41) is 3.64. The van der Waals surface area contributed by atoms with Gasteiger partial charge < -0.3 is 10.3 Å². The third-order valence-electron chi connectivity index (χ3n) is 2.64. The molecule has 2 N–H and O–H groups in total. The molecule has 0 aromatic carbocycles. The number of aromatic nitrogens is 4. The lowest BCUT2D eigenvalue weighted by Crippen LogP contribution is -2.36. The number of anilines is 1. The molecule has 3 rings (SSSR count). The highest BCUT2D eigenvalue weighted by Gasteiger charge is 2.27. The minimum absolute atomic E-state index is 0.307. The summed E-state index contributed by atoms with van der Waals surface area (Å²) < 4.78 is 0. The molecule has 2 aromatic rings. The lowest BCUT2D eigenvalue weighted by atomic mass is 9.92. The zero-order chi connectivity index (χ0) is 10.3. The molecular weight excluding hydrogens is 214 g/mol. The molecule has 78 valence electrons. The second-order valence-electron chi connectivity index (χ2n) is 3.73. The number of hydrogen-bond acceptors (Lipinski definition) is 4. The number of alkyl halides is 1. The lowest BCUT2D eigenvalue weighted by molar-refractivity contribution is 0.454. The van der Waals surface area contributed by atoms with Gasteiger partial charge in [-0.3, -0.25) is 0 Å². The van der Waals surface area contributed by atoms with Crippen LogP contribution in [0.15, 0.2) is 12.7 Å². The van der Waals surface area contributed by atoms with Gasteiger partial charge >= 0.3 is 0 Å². The van der Waals surface area contributed by atoms with Crippen LogP contribution in [0.1, 0.15) is 12.8 Å². The number of rotatable bonds is 2. The molecule has 0 aliphatic heterocycles. The Morgan fingerprint density at radius 1 is 1.33 bits per heavy atom. The van der Waals surface area contributed by atoms with Gasteiger partial charge in [-0.15, -0.1) is 11.6 Å². The summed E-state index contributed by atoms with van der Waals surface area (Å²) in [6.07, 6.45) is 5.11. The third kappa shape index (κ3) is 1.52. The molecule has 1 aliphatic rings. The summed E-state index contributed by atoms with van der Waals surface area (Å²) in [4.78, 5) is 15.3. The summed E-state index contributed by atoms with van der Waals surface area (Å²) in [5.74, 6) is 0.811. The van der Waals surface area contributed by atoms with Crippen LogP contribution in [0.3, 0.4) is 0 Å². The minimum Gasteiger partial charge on any atom is -0.365 e. The van der Waals surface area contributed by atoms with Crippen LogP contribution in [0.25, 0.3) is 11.2 Å². The largest absolute Gasteiger partial charge is 0.365 e. The van der Waals surface area contributed by atoms with E-state index in [1.165, 1.54) is 6.33 Å². The van der Waals surface area contributed by atoms with Gasteiger partial charge in [-0.25, -0.2) is 15.0 Å². The molecule has 0 spiro atoms. The van der Waals surface area contributed by atoms with E-state index in [9.17, 15) is 0 Å². The fraction of sp³-hybridized carbons (Fsp3) is 0.444. The number of nitrogens with one attached hydrogen (secondary N) is 2. The summed E-state index contributed by atoms with van der Waals surface area (Å²) >= 11 is 5.91. The normalized spacial score (nSPS) is 25.1. The van der Waals surface area contributed by atoms with Crippen molar-refractivity contribution in [1.29, 1.82) is 0 Å². The maximum absolute atomic E-state index is 5.91. The molecule has 0 atom stereocenters. The van der Waals surface area contributed by atoms with Crippen molar-refractivity contribution in [3.8, 4) is 0 Å². The highest BCUT2D eigenvalue weighted by molar-refractivity contribution is 6.21. The Labute approximate surface area is 91.3 Å². The highest BCUT2D eigenvalue weighted by Crippen LogP contribution is 2.29. The second-order valence-corrected chi connectivity index (χ2v) is 4.35. The molecule has 0 unspecified atom stereocenters. The number of imidazole rings is 1. The van der Waals surface area contributed by atoms with Crippen molar-refractivity contribution in [3.63, 3.8) is 0 Å². The Hall–Kier alpha value is -1.36. The van der Waals surface area contributed by atoms with E-state index in [1.807, 2.05) is 0 Å². The Balaban J connectivity index is 1.87. The van der Waals surface area contributed by atoms with Crippen LogP contribution < -0.4 is 5.32 Å². The average molecular weight is 224 g/mol. The van der Waals surface area contributed by atoms with Crippen LogP contribution in [-0.2, 0) is 0 Å². The number of nitrogens with zero attached hydrogens (tertiary/aromatic N) is 3. The zero-order valence-electron chi connectivity index (χ0n) is 7.94. The van der Waals surface area contributed by atoms with Crippen molar-refractivity contribution >= 4 is 28.6 Å². The fourth-order valence-corrected chi connectivity index (χ4v) is 2.16. The van der Waals surface area contributed by atoms with Crippen LogP contribution in [0.5, 0.6) is 0 Å². The van der Waals surface area contributed by atoms with Crippen molar-refractivity contribution < 1.29 is 0 Å². The molecule has 6 heteroatoms. The summed E-state index contributed by atoms with van der Waals surface area (Å²) in [7, 11) is 0. The third-order valence-corrected chi connectivity index (χ3v) is 3.00. The molecule has 0 radical (unpaired) electrons. The van der Waals surface area contributed by atoms with Crippen molar-refractivity contribution in [2.24, 2.45) is 0 Å². The minimum atomic E-state index is 0.307. The van der Waals surface area contributed by atoms with E-state index in [0.717, 1.165) is 24.2 Å². The maximum Gasteiger partial charge on any atom is 0.182 e. The predicted molar refractivity (Wildman–Crippen MR) is 58.0 cm³/mol. The molecule has 1 aliphatic carbocycles. The molecule has 0 bridgehead atoms. The molecule has 2 heterocycles. The molecule has 1 fully saturated rings. The summed E-state index contributed by atoms with van der Waals surface area (Å²) in [6, 6.07) is 0.425. The Kier molecular flexibility index (Phi) is 1.98. The van der Waals surface area contributed by atoms with E-state index in [4.69, 9.17) is 11.6 Å². The first-order chi connectivity index (χ1) is 7.33. The van der Waals surface area contributed by atoms with Crippen LogP contribution in [0.4, 0.5) is 5.82 Å². The molecule has 0 saturated heterocycles. The van der Waals surface area contributed by atoms with Gasteiger partial charge in [0.05, 0.1) is 6.33 Å². The van der Waals surface area contributed by atoms with Crippen LogP contribution in [-0.4, -0.2) is 31.4 Å². The standard InChI is InChI=1S/C9H10ClN5/c10-5-1-6(2-5)15-9-7-8(12-3-11-7)13-4-14-9/h3-6H,1-2H2,(H2,11,12,13,14,15). The van der Waals surface area contributed by atoms with E-state index >= 15 is 0 Å². The van der Waals surface area contributed by atoms with E-state index < -0.39 is 0 Å². The van der Waals surface area contributed by atoms with Gasteiger partial charge in [-0.1, -0.05) is 0 Å². The van der Waals surface area contributed by atoms with E-state index in [-0.39, 0.29) is 0 Å². The molecule has 2 aromatic heterocycles. The first-order valence-corrected chi connectivity index (χ1v) is 5.31. The van der Waals surface area contributed by atoms with Crippen molar-refractivity contribution in [2.75, 3.05) is 5.32 Å². The van der Waals surface area contributed by atoms with Crippen LogP contribution in [0.2, 0.25) is 0 Å². The van der Waals surface area contributed by atoms with Crippen molar-refractivity contribution in [3.05, 3.63) is 12.7 Å². The SMILES string of the molecule is ClC1CC(Nc2ncnc3nc[nH]c23)C1. The van der Waals surface area contributed by atoms with Gasteiger partial charge in [0.1, 0.15) is 11.8 Å². The first kappa shape index (κ1) is 8.91. The van der Waals surface area contributed by atoms with E-state index in [2.05, 4.69) is 25.3 Å². The Bertz CT molecular complexity index is 476. The quantitative estimate of drug-likeness (QED) is 0.758. The van der Waals surface area contributed by atoms with Gasteiger partial charge in [0.15, 0.2) is 11.5 Å². The van der Waals surface area contributed by atoms with Crippen molar-refractivity contribution in [1.82, 2.24) is 19.9 Å². The van der Waals surface area contributed by atoms with Crippen LogP contribution in [0, 0.1) is 0 Å². The van der Waals surface area contributed by atoms with Gasteiger partial charge in [-0.2, -0.15) is 0 Å². The summed E-state index contributed by atoms with van der Waals surface area (Å²) in [5.41, 5.74) is 1.55. The smallest absolute Gasteiger partial charge is 0.182 e. The maximum atomic E-state index is 5.91. The van der Waals surface area contributed by atoms with Gasteiger partial charge in [0, 0.05) is 11.4 Å².